The maximum absolute atomic E-state index is 4.51. The molecule has 4 heteroatoms. The lowest BCUT2D eigenvalue weighted by atomic mass is 9.92. The van der Waals surface area contributed by atoms with E-state index in [2.05, 4.69) is 34.7 Å². The van der Waals surface area contributed by atoms with Crippen LogP contribution in [0, 0.1) is 11.8 Å². The minimum atomic E-state index is -1.27. The summed E-state index contributed by atoms with van der Waals surface area (Å²) in [5.74, 6) is 1.78. The highest BCUT2D eigenvalue weighted by Crippen LogP contribution is 2.51. The van der Waals surface area contributed by atoms with Crippen LogP contribution in [0.3, 0.4) is 0 Å². The molecule has 1 aliphatic heterocycles. The molecule has 2 bridgehead atoms. The van der Waals surface area contributed by atoms with Crippen molar-refractivity contribution in [3.8, 4) is 0 Å². The molecule has 0 spiro atoms. The highest BCUT2D eigenvalue weighted by molar-refractivity contribution is 6.73. The predicted molar refractivity (Wildman–Crippen MR) is 58.4 cm³/mol. The van der Waals surface area contributed by atoms with Gasteiger partial charge in [-0.1, -0.05) is 24.9 Å². The van der Waals surface area contributed by atoms with Crippen LogP contribution >= 0.6 is 0 Å². The van der Waals surface area contributed by atoms with Crippen LogP contribution in [0.25, 0.3) is 0 Å². The van der Waals surface area contributed by atoms with Crippen LogP contribution in [0.15, 0.2) is 10.3 Å². The Morgan fingerprint density at radius 3 is 2.57 bits per heavy atom. The van der Waals surface area contributed by atoms with E-state index in [0.29, 0.717) is 12.1 Å². The molecule has 3 rings (SSSR count). The van der Waals surface area contributed by atoms with Crippen molar-refractivity contribution in [3.05, 3.63) is 0 Å². The second-order valence-corrected chi connectivity index (χ2v) is 10.8. The molecule has 2 aliphatic carbocycles. The third-order valence-corrected chi connectivity index (χ3v) is 5.84. The van der Waals surface area contributed by atoms with Gasteiger partial charge < -0.3 is 4.67 Å². The molecule has 2 fully saturated rings. The second kappa shape index (κ2) is 2.59. The topological polar surface area (TPSA) is 28.0 Å². The van der Waals surface area contributed by atoms with E-state index in [4.69, 9.17) is 0 Å². The third kappa shape index (κ3) is 1.03. The van der Waals surface area contributed by atoms with Gasteiger partial charge in [-0.15, -0.1) is 0 Å². The highest BCUT2D eigenvalue weighted by atomic mass is 28.3. The molecular formula is C10H19N3Si. The van der Waals surface area contributed by atoms with Crippen molar-refractivity contribution in [3.63, 3.8) is 0 Å². The van der Waals surface area contributed by atoms with E-state index in [-0.39, 0.29) is 0 Å². The second-order valence-electron chi connectivity index (χ2n) is 6.03. The first kappa shape index (κ1) is 8.89. The molecule has 4 atom stereocenters. The number of nitrogens with zero attached hydrogens (tertiary/aromatic N) is 3. The molecule has 0 aromatic rings. The van der Waals surface area contributed by atoms with Crippen molar-refractivity contribution >= 4 is 8.24 Å². The van der Waals surface area contributed by atoms with Crippen molar-refractivity contribution < 1.29 is 0 Å². The summed E-state index contributed by atoms with van der Waals surface area (Å²) in [6.45, 7) is 7.13. The average Bonchev–Trinajstić information content (AvgIpc) is 2.74. The summed E-state index contributed by atoms with van der Waals surface area (Å²) in [6.07, 6.45) is 4.26. The molecule has 0 aromatic heterocycles. The number of hydrogen-bond acceptors (Lipinski definition) is 3. The predicted octanol–water partition coefficient (Wildman–Crippen LogP) is 2.67. The maximum atomic E-state index is 4.51. The molecule has 0 saturated heterocycles. The number of fused-ring (bicyclic) bond motifs is 5. The quantitative estimate of drug-likeness (QED) is 0.610. The molecular weight excluding hydrogens is 190 g/mol. The van der Waals surface area contributed by atoms with Crippen LogP contribution in [0.2, 0.25) is 19.6 Å². The molecule has 3 aliphatic rings. The van der Waals surface area contributed by atoms with E-state index in [1.165, 1.54) is 19.3 Å². The minimum Gasteiger partial charge on any atom is -0.302 e. The van der Waals surface area contributed by atoms with Gasteiger partial charge in [-0.25, -0.2) is 0 Å². The van der Waals surface area contributed by atoms with Crippen molar-refractivity contribution in [2.45, 2.75) is 51.0 Å². The maximum Gasteiger partial charge on any atom is 0.172 e. The Bertz CT molecular complexity index is 284. The van der Waals surface area contributed by atoms with Gasteiger partial charge in [-0.05, 0) is 31.1 Å². The van der Waals surface area contributed by atoms with Gasteiger partial charge in [0.2, 0.25) is 0 Å². The minimum absolute atomic E-state index is 0.570. The Labute approximate surface area is 86.6 Å². The fraction of sp³-hybridized carbons (Fsp3) is 1.00. The Balaban J connectivity index is 1.89. The van der Waals surface area contributed by atoms with Crippen molar-refractivity contribution in [1.29, 1.82) is 0 Å². The highest BCUT2D eigenvalue weighted by Gasteiger charge is 2.55. The van der Waals surface area contributed by atoms with Gasteiger partial charge in [0.05, 0.1) is 12.1 Å². The van der Waals surface area contributed by atoms with Gasteiger partial charge in [0.15, 0.2) is 8.24 Å². The molecule has 3 nitrogen and oxygen atoms in total. The Morgan fingerprint density at radius 2 is 1.86 bits per heavy atom. The largest absolute Gasteiger partial charge is 0.302 e. The summed E-state index contributed by atoms with van der Waals surface area (Å²) in [5, 5.41) is 8.97. The lowest BCUT2D eigenvalue weighted by molar-refractivity contribution is 0.257. The molecule has 1 heterocycles. The van der Waals surface area contributed by atoms with Crippen LogP contribution in [0.1, 0.15) is 19.3 Å². The Hall–Kier alpha value is -0.383. The van der Waals surface area contributed by atoms with Crippen LogP contribution in [-0.4, -0.2) is 25.0 Å². The SMILES string of the molecule is C[Si](C)(C)N1N=N[C@@H]2[C@H]3CC[C@H](C3)[C@@H]21. The molecule has 0 aromatic carbocycles. The van der Waals surface area contributed by atoms with Gasteiger partial charge in [0, 0.05) is 0 Å². The zero-order chi connectivity index (χ0) is 9.92. The molecule has 2 saturated carbocycles. The van der Waals surface area contributed by atoms with Crippen molar-refractivity contribution in [1.82, 2.24) is 4.67 Å². The third-order valence-electron chi connectivity index (χ3n) is 4.08. The van der Waals surface area contributed by atoms with E-state index in [9.17, 15) is 0 Å². The first-order valence-electron chi connectivity index (χ1n) is 5.77. The normalized spacial score (nSPS) is 44.9. The number of hydrogen-bond donors (Lipinski definition) is 0. The molecule has 0 unspecified atom stereocenters. The summed E-state index contributed by atoms with van der Waals surface area (Å²) in [4.78, 5) is 0. The van der Waals surface area contributed by atoms with Crippen LogP contribution in [-0.2, 0) is 0 Å². The fourth-order valence-corrected chi connectivity index (χ4v) is 5.07. The summed E-state index contributed by atoms with van der Waals surface area (Å²) in [7, 11) is -1.27. The van der Waals surface area contributed by atoms with Gasteiger partial charge in [-0.3, -0.25) is 0 Å². The molecule has 78 valence electrons. The zero-order valence-electron chi connectivity index (χ0n) is 9.27. The fourth-order valence-electron chi connectivity index (χ4n) is 3.49. The lowest BCUT2D eigenvalue weighted by Crippen LogP contribution is -2.51. The summed E-state index contributed by atoms with van der Waals surface area (Å²) < 4.78 is 2.40. The van der Waals surface area contributed by atoms with E-state index in [1.54, 1.807) is 0 Å². The summed E-state index contributed by atoms with van der Waals surface area (Å²) in [5.41, 5.74) is 0. The van der Waals surface area contributed by atoms with Crippen LogP contribution < -0.4 is 0 Å². The lowest BCUT2D eigenvalue weighted by Gasteiger charge is -2.36. The van der Waals surface area contributed by atoms with Crippen molar-refractivity contribution in [2.75, 3.05) is 0 Å². The van der Waals surface area contributed by atoms with Crippen molar-refractivity contribution in [2.24, 2.45) is 22.2 Å². The number of rotatable bonds is 1. The monoisotopic (exact) mass is 209 g/mol. The van der Waals surface area contributed by atoms with Gasteiger partial charge >= 0.3 is 0 Å². The Kier molecular flexibility index (Phi) is 1.65. The van der Waals surface area contributed by atoms with E-state index in [1.807, 2.05) is 0 Å². The molecule has 0 amide bonds. The molecule has 14 heavy (non-hydrogen) atoms. The smallest absolute Gasteiger partial charge is 0.172 e. The summed E-state index contributed by atoms with van der Waals surface area (Å²) in [6, 6.07) is 1.26. The first-order chi connectivity index (χ1) is 6.57. The van der Waals surface area contributed by atoms with Gasteiger partial charge in [0.25, 0.3) is 0 Å². The standard InChI is InChI=1S/C10H19N3Si/c1-14(2,3)13-10-8-5-4-7(6-8)9(10)11-12-13/h7-10H,4-6H2,1-3H3/t7-,8+,9+,10-/m0/s1. The first-order valence-corrected chi connectivity index (χ1v) is 9.22. The van der Waals surface area contributed by atoms with Crippen LogP contribution in [0.5, 0.6) is 0 Å². The summed E-state index contributed by atoms with van der Waals surface area (Å²) >= 11 is 0. The molecule has 0 radical (unpaired) electrons. The zero-order valence-corrected chi connectivity index (χ0v) is 10.3. The molecule has 0 N–H and O–H groups in total. The van der Waals surface area contributed by atoms with Crippen LogP contribution in [0.4, 0.5) is 0 Å². The average molecular weight is 209 g/mol. The van der Waals surface area contributed by atoms with E-state index >= 15 is 0 Å². The Morgan fingerprint density at radius 1 is 1.14 bits per heavy atom. The van der Waals surface area contributed by atoms with E-state index < -0.39 is 8.24 Å². The van der Waals surface area contributed by atoms with Gasteiger partial charge in [-0.2, -0.15) is 5.11 Å². The van der Waals surface area contributed by atoms with Gasteiger partial charge in [0.1, 0.15) is 0 Å². The van der Waals surface area contributed by atoms with E-state index in [0.717, 1.165) is 11.8 Å².